The molecule has 0 heterocycles. The van der Waals surface area contributed by atoms with Crippen LogP contribution in [-0.2, 0) is 9.53 Å². The number of ether oxygens (including phenoxy) is 1. The number of aliphatic hydroxyl groups excluding tert-OH is 1. The van der Waals surface area contributed by atoms with Gasteiger partial charge in [0.1, 0.15) is 0 Å². The minimum Gasteiger partial charge on any atom is -0.478 e. The fraction of sp³-hybridized carbons (Fsp3) is 0.444. The number of carbonyl (C=O) groups is 1. The van der Waals surface area contributed by atoms with Crippen molar-refractivity contribution in [2.24, 2.45) is 0 Å². The Morgan fingerprint density at radius 2 is 2.23 bits per heavy atom. The second-order valence-corrected chi connectivity index (χ2v) is 2.52. The van der Waals surface area contributed by atoms with Crippen molar-refractivity contribution in [3.05, 3.63) is 24.8 Å². The first kappa shape index (κ1) is 11.9. The Hall–Kier alpha value is -1.13. The Morgan fingerprint density at radius 1 is 1.62 bits per heavy atom. The number of aliphatic hydroxyl groups is 1. The quantitative estimate of drug-likeness (QED) is 0.352. The second kappa shape index (κ2) is 6.39. The van der Waals surface area contributed by atoms with Crippen LogP contribution in [0.5, 0.6) is 0 Å². The van der Waals surface area contributed by atoms with E-state index in [2.05, 4.69) is 13.2 Å². The molecule has 0 radical (unpaired) electrons. The molecule has 13 heavy (non-hydrogen) atoms. The van der Waals surface area contributed by atoms with E-state index in [0.29, 0.717) is 0 Å². The number of aliphatic carboxylic acids is 1. The molecule has 0 bridgehead atoms. The smallest absolute Gasteiger partial charge is 0.330 e. The van der Waals surface area contributed by atoms with E-state index < -0.39 is 12.3 Å². The predicted molar refractivity (Wildman–Crippen MR) is 48.2 cm³/mol. The maximum atomic E-state index is 10.3. The topological polar surface area (TPSA) is 66.8 Å². The van der Waals surface area contributed by atoms with Gasteiger partial charge in [-0.1, -0.05) is 12.7 Å². The summed E-state index contributed by atoms with van der Waals surface area (Å²) in [5.41, 5.74) is 0.0706. The van der Waals surface area contributed by atoms with Crippen molar-refractivity contribution in [3.63, 3.8) is 0 Å². The van der Waals surface area contributed by atoms with Gasteiger partial charge in [-0.3, -0.25) is 0 Å². The summed E-state index contributed by atoms with van der Waals surface area (Å²) in [7, 11) is 0. The second-order valence-electron chi connectivity index (χ2n) is 2.52. The van der Waals surface area contributed by atoms with Gasteiger partial charge in [0, 0.05) is 12.0 Å². The van der Waals surface area contributed by atoms with Crippen molar-refractivity contribution in [1.82, 2.24) is 0 Å². The van der Waals surface area contributed by atoms with Crippen LogP contribution in [0.3, 0.4) is 0 Å². The highest BCUT2D eigenvalue weighted by molar-refractivity contribution is 5.85. The van der Waals surface area contributed by atoms with Crippen LogP contribution in [-0.4, -0.2) is 29.1 Å². The van der Waals surface area contributed by atoms with Gasteiger partial charge in [-0.15, -0.1) is 6.58 Å². The lowest BCUT2D eigenvalue weighted by Crippen LogP contribution is -2.13. The van der Waals surface area contributed by atoms with E-state index in [9.17, 15) is 4.79 Å². The zero-order valence-electron chi connectivity index (χ0n) is 7.40. The average Bonchev–Trinajstić information content (AvgIpc) is 2.10. The van der Waals surface area contributed by atoms with Gasteiger partial charge in [-0.25, -0.2) is 4.79 Å². The summed E-state index contributed by atoms with van der Waals surface area (Å²) in [5, 5.41) is 17.5. The summed E-state index contributed by atoms with van der Waals surface area (Å²) < 4.78 is 4.82. The Balaban J connectivity index is 3.57. The molecular formula is C9H14O4. The molecule has 1 atom stereocenters. The molecule has 0 saturated carbocycles. The fourth-order valence-electron chi connectivity index (χ4n) is 0.667. The monoisotopic (exact) mass is 186 g/mol. The summed E-state index contributed by atoms with van der Waals surface area (Å²) in [6.45, 7) is 6.98. The standard InChI is InChI=1S/C9H14O4/c1-3-6-13-8(10)5-4-7(2)9(11)12/h3,8,10H,1-2,4-6H2,(H,11,12). The molecule has 4 nitrogen and oxygen atoms in total. The highest BCUT2D eigenvalue weighted by Crippen LogP contribution is 2.06. The van der Waals surface area contributed by atoms with Crippen LogP contribution in [0.2, 0.25) is 0 Å². The zero-order chi connectivity index (χ0) is 10.3. The molecule has 74 valence electrons. The lowest BCUT2D eigenvalue weighted by molar-refractivity contribution is -0.133. The molecule has 0 rings (SSSR count). The van der Waals surface area contributed by atoms with Crippen molar-refractivity contribution in [1.29, 1.82) is 0 Å². The number of rotatable bonds is 7. The molecule has 0 aliphatic carbocycles. The Kier molecular flexibility index (Phi) is 5.84. The highest BCUT2D eigenvalue weighted by atomic mass is 16.6. The summed E-state index contributed by atoms with van der Waals surface area (Å²) in [4.78, 5) is 10.3. The average molecular weight is 186 g/mol. The molecule has 0 aromatic rings. The summed E-state index contributed by atoms with van der Waals surface area (Å²) in [6.07, 6.45) is 1.01. The maximum Gasteiger partial charge on any atom is 0.330 e. The minimum atomic E-state index is -1.05. The van der Waals surface area contributed by atoms with Crippen molar-refractivity contribution >= 4 is 5.97 Å². The molecule has 4 heteroatoms. The largest absolute Gasteiger partial charge is 0.478 e. The van der Waals surface area contributed by atoms with E-state index in [4.69, 9.17) is 14.9 Å². The van der Waals surface area contributed by atoms with Crippen LogP contribution in [0.25, 0.3) is 0 Å². The number of carboxylic acid groups (broad SMARTS) is 1. The fourth-order valence-corrected chi connectivity index (χ4v) is 0.667. The summed E-state index contributed by atoms with van der Waals surface area (Å²) >= 11 is 0. The van der Waals surface area contributed by atoms with E-state index in [1.807, 2.05) is 0 Å². The third-order valence-corrected chi connectivity index (χ3v) is 1.40. The summed E-state index contributed by atoms with van der Waals surface area (Å²) in [5.74, 6) is -1.05. The molecule has 0 aliphatic rings. The minimum absolute atomic E-state index is 0.0706. The van der Waals surface area contributed by atoms with Gasteiger partial charge < -0.3 is 14.9 Å². The Bertz CT molecular complexity index is 198. The van der Waals surface area contributed by atoms with E-state index in [-0.39, 0.29) is 25.0 Å². The van der Waals surface area contributed by atoms with Crippen LogP contribution < -0.4 is 0 Å². The molecule has 0 aliphatic heterocycles. The van der Waals surface area contributed by atoms with Gasteiger partial charge in [0.05, 0.1) is 6.61 Å². The van der Waals surface area contributed by atoms with Gasteiger partial charge in [0.15, 0.2) is 6.29 Å². The SMILES string of the molecule is C=CCOC(O)CCC(=C)C(=O)O. The summed E-state index contributed by atoms with van der Waals surface area (Å²) in [6, 6.07) is 0. The first-order chi connectivity index (χ1) is 6.07. The number of hydrogen-bond donors (Lipinski definition) is 2. The van der Waals surface area contributed by atoms with Gasteiger partial charge >= 0.3 is 5.97 Å². The third kappa shape index (κ3) is 6.07. The van der Waals surface area contributed by atoms with Crippen LogP contribution in [0.15, 0.2) is 24.8 Å². The molecule has 0 spiro atoms. The molecular weight excluding hydrogens is 172 g/mol. The normalized spacial score (nSPS) is 12.1. The first-order valence-electron chi connectivity index (χ1n) is 3.89. The maximum absolute atomic E-state index is 10.3. The van der Waals surface area contributed by atoms with E-state index in [1.165, 1.54) is 6.08 Å². The van der Waals surface area contributed by atoms with Crippen LogP contribution in [0.4, 0.5) is 0 Å². The predicted octanol–water partition coefficient (Wildman–Crippen LogP) is 0.928. The number of carboxylic acids is 1. The van der Waals surface area contributed by atoms with E-state index >= 15 is 0 Å². The lowest BCUT2D eigenvalue weighted by atomic mass is 10.1. The molecule has 0 saturated heterocycles. The third-order valence-electron chi connectivity index (χ3n) is 1.40. The van der Waals surface area contributed by atoms with Crippen LogP contribution >= 0.6 is 0 Å². The van der Waals surface area contributed by atoms with Gasteiger partial charge in [-0.05, 0) is 6.42 Å². The number of hydrogen-bond acceptors (Lipinski definition) is 3. The van der Waals surface area contributed by atoms with Crippen LogP contribution in [0, 0.1) is 0 Å². The Morgan fingerprint density at radius 3 is 2.69 bits per heavy atom. The van der Waals surface area contributed by atoms with Crippen molar-refractivity contribution < 1.29 is 19.7 Å². The molecule has 0 fully saturated rings. The molecule has 2 N–H and O–H groups in total. The van der Waals surface area contributed by atoms with Crippen molar-refractivity contribution in [2.45, 2.75) is 19.1 Å². The zero-order valence-corrected chi connectivity index (χ0v) is 7.40. The van der Waals surface area contributed by atoms with Crippen LogP contribution in [0.1, 0.15) is 12.8 Å². The van der Waals surface area contributed by atoms with Gasteiger partial charge in [0.2, 0.25) is 0 Å². The highest BCUT2D eigenvalue weighted by Gasteiger charge is 2.08. The molecule has 1 unspecified atom stereocenters. The molecule has 0 aromatic heterocycles. The van der Waals surface area contributed by atoms with Crippen molar-refractivity contribution in [2.75, 3.05) is 6.61 Å². The van der Waals surface area contributed by atoms with Crippen molar-refractivity contribution in [3.8, 4) is 0 Å². The molecule has 0 aromatic carbocycles. The van der Waals surface area contributed by atoms with Gasteiger partial charge in [-0.2, -0.15) is 0 Å². The van der Waals surface area contributed by atoms with E-state index in [1.54, 1.807) is 0 Å². The van der Waals surface area contributed by atoms with E-state index in [0.717, 1.165) is 0 Å². The molecule has 0 amide bonds. The Labute approximate surface area is 77.1 Å². The van der Waals surface area contributed by atoms with Gasteiger partial charge in [0.25, 0.3) is 0 Å². The lowest BCUT2D eigenvalue weighted by Gasteiger charge is -2.09. The first-order valence-corrected chi connectivity index (χ1v) is 3.89.